The second-order valence-corrected chi connectivity index (χ2v) is 5.87. The first kappa shape index (κ1) is 16.2. The van der Waals surface area contributed by atoms with Crippen molar-refractivity contribution in [3.63, 3.8) is 0 Å². The quantitative estimate of drug-likeness (QED) is 0.654. The summed E-state index contributed by atoms with van der Waals surface area (Å²) >= 11 is 5.73. The fourth-order valence-electron chi connectivity index (χ4n) is 2.34. The van der Waals surface area contributed by atoms with E-state index in [-0.39, 0.29) is 16.5 Å². The van der Waals surface area contributed by atoms with Crippen LogP contribution in [0.15, 0.2) is 0 Å². The van der Waals surface area contributed by atoms with Crippen LogP contribution in [0.2, 0.25) is 5.15 Å². The number of nitrogens with two attached hydrogens (primary N) is 1. The molecule has 1 aromatic rings. The van der Waals surface area contributed by atoms with Gasteiger partial charge in [-0.3, -0.25) is 0 Å². The lowest BCUT2D eigenvalue weighted by Gasteiger charge is -2.27. The number of aliphatic hydroxyl groups is 1. The zero-order chi connectivity index (χ0) is 15.5. The third-order valence-electron chi connectivity index (χ3n) is 3.54. The Hall–Kier alpha value is -1.22. The van der Waals surface area contributed by atoms with Crippen LogP contribution in [0.1, 0.15) is 13.3 Å². The zero-order valence-electron chi connectivity index (χ0n) is 12.2. The number of nitrogens with zero attached hydrogens (tertiary/aromatic N) is 4. The van der Waals surface area contributed by atoms with Crippen LogP contribution in [0.25, 0.3) is 0 Å². The molecule has 0 aliphatic carbocycles. The monoisotopic (exact) mass is 316 g/mol. The largest absolute Gasteiger partial charge is 0.389 e. The van der Waals surface area contributed by atoms with E-state index in [0.717, 1.165) is 13.0 Å². The van der Waals surface area contributed by atoms with Gasteiger partial charge in [0.25, 0.3) is 0 Å². The molecule has 2 rings (SSSR count). The molecule has 4 N–H and O–H groups in total. The highest BCUT2D eigenvalue weighted by Crippen LogP contribution is 2.25. The van der Waals surface area contributed by atoms with Gasteiger partial charge < -0.3 is 25.8 Å². The number of aliphatic hydroxyl groups excluding tert-OH is 1. The molecule has 1 fully saturated rings. The summed E-state index contributed by atoms with van der Waals surface area (Å²) in [6.07, 6.45) is 0.378. The van der Waals surface area contributed by atoms with Gasteiger partial charge >= 0.3 is 0 Å². The molecule has 0 aromatic carbocycles. The van der Waals surface area contributed by atoms with Crippen molar-refractivity contribution in [3.8, 4) is 0 Å². The van der Waals surface area contributed by atoms with Gasteiger partial charge in [0.2, 0.25) is 5.95 Å². The number of β-amino-alcohol motifs (C(OH)–C–C–N with tert-alkyl or cyclic N) is 1. The molecule has 2 heterocycles. The highest BCUT2D eigenvalue weighted by Gasteiger charge is 2.35. The summed E-state index contributed by atoms with van der Waals surface area (Å²) in [5, 5.41) is 20.9. The maximum atomic E-state index is 9.71. The lowest BCUT2D eigenvalue weighted by atomic mass is 10.0. The molecule has 8 nitrogen and oxygen atoms in total. The number of aromatic nitrogens is 3. The van der Waals surface area contributed by atoms with Gasteiger partial charge in [0.15, 0.2) is 11.0 Å². The van der Waals surface area contributed by atoms with E-state index < -0.39 is 6.10 Å². The van der Waals surface area contributed by atoms with Crippen molar-refractivity contribution in [2.75, 3.05) is 44.0 Å². The topological polar surface area (TPSA) is 109 Å². The molecule has 21 heavy (non-hydrogen) atoms. The second kappa shape index (κ2) is 6.69. The molecule has 0 bridgehead atoms. The number of hydrogen-bond acceptors (Lipinski definition) is 8. The minimum Gasteiger partial charge on any atom is -0.389 e. The lowest BCUT2D eigenvalue weighted by molar-refractivity contribution is 0.0599. The van der Waals surface area contributed by atoms with E-state index >= 15 is 0 Å². The van der Waals surface area contributed by atoms with Crippen LogP contribution in [0, 0.1) is 0 Å². The van der Waals surface area contributed by atoms with Crippen molar-refractivity contribution >= 4 is 23.4 Å². The average Bonchev–Trinajstić information content (AvgIpc) is 2.83. The summed E-state index contributed by atoms with van der Waals surface area (Å²) in [6.45, 7) is 4.37. The van der Waals surface area contributed by atoms with Gasteiger partial charge in [-0.1, -0.05) is 11.6 Å². The molecule has 0 saturated carbocycles. The van der Waals surface area contributed by atoms with Crippen LogP contribution in [0.3, 0.4) is 0 Å². The number of nitrogen functional groups attached to an aromatic ring is 1. The Morgan fingerprint density at radius 2 is 2.33 bits per heavy atom. The Kier molecular flexibility index (Phi) is 5.15. The minimum absolute atomic E-state index is 0.113. The zero-order valence-corrected chi connectivity index (χ0v) is 13.0. The standard InChI is InChI=1S/C12H21ClN6O2/c1-12(15-5-8(20)6-21-2)3-4-19(7-12)11-16-10(14)9(13)17-18-11/h8,15,20H,3-7H2,1-2H3,(H2,14,16,18)/t8-,12?/m0/s1. The summed E-state index contributed by atoms with van der Waals surface area (Å²) in [5.41, 5.74) is 5.52. The highest BCUT2D eigenvalue weighted by molar-refractivity contribution is 6.31. The van der Waals surface area contributed by atoms with Gasteiger partial charge in [0.1, 0.15) is 0 Å². The summed E-state index contributed by atoms with van der Waals surface area (Å²) in [4.78, 5) is 6.14. The van der Waals surface area contributed by atoms with Gasteiger partial charge in [-0.15, -0.1) is 10.2 Å². The number of anilines is 2. The molecule has 2 atom stereocenters. The molecular weight excluding hydrogens is 296 g/mol. The molecule has 0 amide bonds. The van der Waals surface area contributed by atoms with Crippen molar-refractivity contribution in [2.24, 2.45) is 0 Å². The second-order valence-electron chi connectivity index (χ2n) is 5.51. The molecular formula is C12H21ClN6O2. The smallest absolute Gasteiger partial charge is 0.247 e. The number of rotatable bonds is 6. The first-order valence-electron chi connectivity index (χ1n) is 6.76. The highest BCUT2D eigenvalue weighted by atomic mass is 35.5. The molecule has 1 aliphatic rings. The maximum absolute atomic E-state index is 9.71. The molecule has 1 unspecified atom stereocenters. The number of halogens is 1. The van der Waals surface area contributed by atoms with E-state index in [0.29, 0.717) is 25.6 Å². The van der Waals surface area contributed by atoms with Crippen LogP contribution in [-0.4, -0.2) is 65.3 Å². The average molecular weight is 317 g/mol. The Morgan fingerprint density at radius 3 is 3.00 bits per heavy atom. The van der Waals surface area contributed by atoms with Gasteiger partial charge in [0.05, 0.1) is 12.7 Å². The van der Waals surface area contributed by atoms with E-state index in [1.807, 2.05) is 4.90 Å². The van der Waals surface area contributed by atoms with Crippen LogP contribution in [-0.2, 0) is 4.74 Å². The van der Waals surface area contributed by atoms with Gasteiger partial charge in [-0.25, -0.2) is 0 Å². The molecule has 0 radical (unpaired) electrons. The Morgan fingerprint density at radius 1 is 1.57 bits per heavy atom. The Bertz CT molecular complexity index is 491. The van der Waals surface area contributed by atoms with E-state index in [2.05, 4.69) is 27.4 Å². The van der Waals surface area contributed by atoms with Gasteiger partial charge in [-0.2, -0.15) is 4.98 Å². The molecule has 118 valence electrons. The van der Waals surface area contributed by atoms with E-state index in [4.69, 9.17) is 22.1 Å². The number of methoxy groups -OCH3 is 1. The number of ether oxygens (including phenoxy) is 1. The lowest BCUT2D eigenvalue weighted by Crippen LogP contribution is -2.48. The Labute approximate surface area is 128 Å². The minimum atomic E-state index is -0.523. The third kappa shape index (κ3) is 4.13. The molecule has 9 heteroatoms. The summed E-state index contributed by atoms with van der Waals surface area (Å²) in [6, 6.07) is 0. The fourth-order valence-corrected chi connectivity index (χ4v) is 2.42. The normalized spacial score (nSPS) is 23.5. The summed E-state index contributed by atoms with van der Waals surface area (Å²) in [7, 11) is 1.57. The third-order valence-corrected chi connectivity index (χ3v) is 3.81. The molecule has 0 spiro atoms. The van der Waals surface area contributed by atoms with Crippen LogP contribution in [0.5, 0.6) is 0 Å². The van der Waals surface area contributed by atoms with Crippen LogP contribution in [0.4, 0.5) is 11.8 Å². The van der Waals surface area contributed by atoms with Crippen molar-refractivity contribution < 1.29 is 9.84 Å². The van der Waals surface area contributed by atoms with Crippen LogP contribution < -0.4 is 16.0 Å². The Balaban J connectivity index is 1.94. The maximum Gasteiger partial charge on any atom is 0.247 e. The van der Waals surface area contributed by atoms with Crippen molar-refractivity contribution in [3.05, 3.63) is 5.15 Å². The predicted octanol–water partition coefficient (Wildman–Crippen LogP) is -0.327. The molecule has 1 aliphatic heterocycles. The van der Waals surface area contributed by atoms with Crippen molar-refractivity contribution in [1.82, 2.24) is 20.5 Å². The molecule has 1 aromatic heterocycles. The van der Waals surface area contributed by atoms with Gasteiger partial charge in [0, 0.05) is 32.3 Å². The number of hydrogen-bond donors (Lipinski definition) is 3. The first-order chi connectivity index (χ1) is 9.93. The number of nitrogens with one attached hydrogen (secondary N) is 1. The molecule has 1 saturated heterocycles. The van der Waals surface area contributed by atoms with Crippen LogP contribution >= 0.6 is 11.6 Å². The SMILES string of the molecule is COC[C@@H](O)CNC1(C)CCN(c2nnc(Cl)c(N)n2)C1. The van der Waals surface area contributed by atoms with Crippen molar-refractivity contribution in [2.45, 2.75) is 25.0 Å². The van der Waals surface area contributed by atoms with Crippen molar-refractivity contribution in [1.29, 1.82) is 0 Å². The van der Waals surface area contributed by atoms with E-state index in [1.165, 1.54) is 0 Å². The fraction of sp³-hybridized carbons (Fsp3) is 0.750. The first-order valence-corrected chi connectivity index (χ1v) is 7.14. The summed E-state index contributed by atoms with van der Waals surface area (Å²) in [5.74, 6) is 0.651. The van der Waals surface area contributed by atoms with E-state index in [1.54, 1.807) is 7.11 Å². The van der Waals surface area contributed by atoms with E-state index in [9.17, 15) is 5.11 Å². The summed E-state index contributed by atoms with van der Waals surface area (Å²) < 4.78 is 4.91. The van der Waals surface area contributed by atoms with Gasteiger partial charge in [-0.05, 0) is 13.3 Å². The predicted molar refractivity (Wildman–Crippen MR) is 80.4 cm³/mol.